The van der Waals surface area contributed by atoms with Crippen LogP contribution in [-0.2, 0) is 27.9 Å². The van der Waals surface area contributed by atoms with Gasteiger partial charge in [-0.15, -0.1) is 0 Å². The van der Waals surface area contributed by atoms with Crippen LogP contribution < -0.4 is 0 Å². The molecule has 0 aliphatic heterocycles. The summed E-state index contributed by atoms with van der Waals surface area (Å²) < 4.78 is 168. The van der Waals surface area contributed by atoms with Gasteiger partial charge in [0.25, 0.3) is 0 Å². The number of allylic oxidation sites excluding steroid dienone is 1. The lowest BCUT2D eigenvalue weighted by Gasteiger charge is -2.33. The summed E-state index contributed by atoms with van der Waals surface area (Å²) in [6.07, 6.45) is -7.24. The van der Waals surface area contributed by atoms with Crippen LogP contribution in [0.25, 0.3) is 0 Å². The molecule has 0 heterocycles. The topological polar surface area (TPSA) is 78.9 Å². The third kappa shape index (κ3) is 5.50. The van der Waals surface area contributed by atoms with Gasteiger partial charge in [0, 0.05) is 0 Å². The number of hydrogen-bond acceptors (Lipinski definition) is 6. The monoisotopic (exact) mass is 518 g/mol. The van der Waals surface area contributed by atoms with Gasteiger partial charge in [-0.1, -0.05) is 13.8 Å². The lowest BCUT2D eigenvalue weighted by Crippen LogP contribution is -2.63. The number of hydrogen-bond donors (Lipinski definition) is 0. The molecular weight excluding hydrogens is 498 g/mol. The molecule has 0 aliphatic rings. The molecule has 0 aliphatic carbocycles. The van der Waals surface area contributed by atoms with Gasteiger partial charge in [-0.3, -0.25) is 4.57 Å². The van der Waals surface area contributed by atoms with Gasteiger partial charge in [-0.05, 0) is 32.3 Å². The molecule has 0 amide bonds. The maximum Gasteiger partial charge on any atom is 0.460 e. The number of alkyl halides is 9. The van der Waals surface area contributed by atoms with E-state index in [0.717, 1.165) is 6.92 Å². The first kappa shape index (κ1) is 30.0. The highest BCUT2D eigenvalue weighted by Crippen LogP contribution is 2.61. The Labute approximate surface area is 172 Å². The SMILES string of the molecule is CCOP(=O)(OCC)/C(OS(=O)(=O)C(F)(F)C(F)(F)C(F)(F)C(F)(F)F)=C(/C)C(C)C. The highest BCUT2D eigenvalue weighted by atomic mass is 32.2. The van der Waals surface area contributed by atoms with Crippen molar-refractivity contribution in [2.75, 3.05) is 13.2 Å². The minimum atomic E-state index is -7.50. The largest absolute Gasteiger partial charge is 0.460 e. The van der Waals surface area contributed by atoms with Crippen molar-refractivity contribution in [1.82, 2.24) is 0 Å². The van der Waals surface area contributed by atoms with Crippen LogP contribution in [0.5, 0.6) is 0 Å². The average molecular weight is 518 g/mol. The van der Waals surface area contributed by atoms with E-state index in [1.807, 2.05) is 0 Å². The Morgan fingerprint density at radius 3 is 1.55 bits per heavy atom. The summed E-state index contributed by atoms with van der Waals surface area (Å²) in [7, 11) is -12.3. The Bertz CT molecular complexity index is 811. The molecule has 186 valence electrons. The molecular formula is C14H20F9O6PS. The van der Waals surface area contributed by atoms with Gasteiger partial charge in [-0.2, -0.15) is 47.9 Å². The van der Waals surface area contributed by atoms with E-state index in [-0.39, 0.29) is 0 Å². The van der Waals surface area contributed by atoms with Crippen molar-refractivity contribution in [2.45, 2.75) is 57.9 Å². The highest BCUT2D eigenvalue weighted by Gasteiger charge is 2.86. The standard InChI is InChI=1S/C14H20F9O6PS/c1-6-27-30(24,28-7-2)10(9(5)8(3)4)29-31(25,26)14(22,23)12(17,18)11(15,16)13(19,20)21/h8H,6-7H2,1-5H3/b10-9-. The van der Waals surface area contributed by atoms with Crippen molar-refractivity contribution in [3.05, 3.63) is 11.1 Å². The Balaban J connectivity index is 6.78. The highest BCUT2D eigenvalue weighted by molar-refractivity contribution is 7.88. The smallest absolute Gasteiger partial charge is 0.369 e. The minimum Gasteiger partial charge on any atom is -0.369 e. The first-order valence-electron chi connectivity index (χ1n) is 8.32. The van der Waals surface area contributed by atoms with Gasteiger partial charge >= 0.3 is 41.0 Å². The lowest BCUT2D eigenvalue weighted by atomic mass is 10.1. The molecule has 0 atom stereocenters. The molecule has 0 radical (unpaired) electrons. The van der Waals surface area contributed by atoms with Gasteiger partial charge in [0.15, 0.2) is 0 Å². The van der Waals surface area contributed by atoms with E-state index in [1.165, 1.54) is 27.7 Å². The molecule has 17 heteroatoms. The van der Waals surface area contributed by atoms with Gasteiger partial charge < -0.3 is 13.2 Å². The van der Waals surface area contributed by atoms with Crippen molar-refractivity contribution >= 4 is 17.7 Å². The minimum absolute atomic E-state index is 0.462. The molecule has 0 spiro atoms. The third-order valence-corrected chi connectivity index (χ3v) is 7.20. The fourth-order valence-corrected chi connectivity index (χ4v) is 4.97. The Morgan fingerprint density at radius 1 is 0.871 bits per heavy atom. The molecule has 0 bridgehead atoms. The van der Waals surface area contributed by atoms with E-state index >= 15 is 0 Å². The van der Waals surface area contributed by atoms with E-state index in [1.54, 1.807) is 0 Å². The van der Waals surface area contributed by atoms with E-state index < -0.39 is 71.2 Å². The van der Waals surface area contributed by atoms with E-state index in [9.17, 15) is 52.5 Å². The predicted octanol–water partition coefficient (Wildman–Crippen LogP) is 5.91. The molecule has 31 heavy (non-hydrogen) atoms. The summed E-state index contributed by atoms with van der Waals surface area (Å²) in [5, 5.41) is -7.12. The maximum absolute atomic E-state index is 14.0. The fraction of sp³-hybridized carbons (Fsp3) is 0.857. The molecule has 0 saturated heterocycles. The van der Waals surface area contributed by atoms with E-state index in [0.29, 0.717) is 0 Å². The zero-order valence-electron chi connectivity index (χ0n) is 16.7. The summed E-state index contributed by atoms with van der Waals surface area (Å²) in [6.45, 7) is 4.86. The molecule has 0 fully saturated rings. The van der Waals surface area contributed by atoms with Crippen LogP contribution in [0.2, 0.25) is 0 Å². The van der Waals surface area contributed by atoms with Crippen LogP contribution in [0, 0.1) is 5.92 Å². The van der Waals surface area contributed by atoms with E-state index in [4.69, 9.17) is 9.05 Å². The fourth-order valence-electron chi connectivity index (χ4n) is 1.74. The second-order valence-electron chi connectivity index (χ2n) is 6.18. The first-order valence-corrected chi connectivity index (χ1v) is 11.3. The Hall–Kier alpha value is -0.990. The quantitative estimate of drug-likeness (QED) is 0.146. The van der Waals surface area contributed by atoms with Gasteiger partial charge in [0.2, 0.25) is 5.50 Å². The second kappa shape index (κ2) is 9.48. The number of rotatable bonds is 11. The van der Waals surface area contributed by atoms with Crippen LogP contribution in [0.3, 0.4) is 0 Å². The molecule has 0 aromatic carbocycles. The van der Waals surface area contributed by atoms with Crippen molar-refractivity contribution in [3.63, 3.8) is 0 Å². The maximum atomic E-state index is 14.0. The third-order valence-electron chi connectivity index (χ3n) is 3.67. The lowest BCUT2D eigenvalue weighted by molar-refractivity contribution is -0.382. The summed E-state index contributed by atoms with van der Waals surface area (Å²) in [4.78, 5) is 0. The average Bonchev–Trinajstić information content (AvgIpc) is 2.57. The van der Waals surface area contributed by atoms with Crippen molar-refractivity contribution < 1.29 is 65.7 Å². The van der Waals surface area contributed by atoms with Crippen LogP contribution in [-0.4, -0.2) is 44.9 Å². The second-order valence-corrected chi connectivity index (χ2v) is 9.68. The molecule has 0 aromatic rings. The molecule has 0 unspecified atom stereocenters. The van der Waals surface area contributed by atoms with Crippen LogP contribution >= 0.6 is 7.60 Å². The molecule has 0 rings (SSSR count). The molecule has 0 saturated carbocycles. The summed E-state index contributed by atoms with van der Waals surface area (Å²) >= 11 is 0. The zero-order valence-corrected chi connectivity index (χ0v) is 18.4. The van der Waals surface area contributed by atoms with Crippen LogP contribution in [0.15, 0.2) is 11.1 Å². The van der Waals surface area contributed by atoms with Gasteiger partial charge in [0.05, 0.1) is 13.2 Å². The number of halogens is 9. The summed E-state index contributed by atoms with van der Waals surface area (Å²) in [6, 6.07) is 0. The zero-order chi connectivity index (χ0) is 25.3. The van der Waals surface area contributed by atoms with Crippen LogP contribution in [0.4, 0.5) is 39.5 Å². The predicted molar refractivity (Wildman–Crippen MR) is 89.3 cm³/mol. The Morgan fingerprint density at radius 2 is 1.26 bits per heavy atom. The Kier molecular flexibility index (Phi) is 9.17. The van der Waals surface area contributed by atoms with Crippen molar-refractivity contribution in [1.29, 1.82) is 0 Å². The normalized spacial score (nSPS) is 15.8. The molecule has 0 N–H and O–H groups in total. The van der Waals surface area contributed by atoms with Gasteiger partial charge in [-0.25, -0.2) is 0 Å². The van der Waals surface area contributed by atoms with Crippen LogP contribution in [0.1, 0.15) is 34.6 Å². The van der Waals surface area contributed by atoms with Gasteiger partial charge in [0.1, 0.15) is 0 Å². The first-order chi connectivity index (χ1) is 13.6. The molecule has 6 nitrogen and oxygen atoms in total. The summed E-state index contributed by atoms with van der Waals surface area (Å²) in [5.41, 5.74) is -2.02. The van der Waals surface area contributed by atoms with Crippen molar-refractivity contribution in [3.8, 4) is 0 Å². The van der Waals surface area contributed by atoms with Crippen molar-refractivity contribution in [2.24, 2.45) is 5.92 Å². The van der Waals surface area contributed by atoms with E-state index in [2.05, 4.69) is 4.18 Å². The summed E-state index contributed by atoms with van der Waals surface area (Å²) in [5.74, 6) is -15.8. The molecule has 0 aromatic heterocycles.